The molecule has 2 heteroatoms. The summed E-state index contributed by atoms with van der Waals surface area (Å²) in [4.78, 5) is 2.69. The normalized spacial score (nSPS) is 22.6. The molecule has 1 aliphatic rings. The molecule has 0 bridgehead atoms. The summed E-state index contributed by atoms with van der Waals surface area (Å²) in [5.74, 6) is 1.00. The van der Waals surface area contributed by atoms with E-state index >= 15 is 0 Å². The quantitative estimate of drug-likeness (QED) is 0.659. The first kappa shape index (κ1) is 15.0. The Bertz CT molecular complexity index is 170. The van der Waals surface area contributed by atoms with E-state index in [1.807, 2.05) is 0 Å². The first-order valence-electron chi connectivity index (χ1n) is 7.79. The van der Waals surface area contributed by atoms with Crippen LogP contribution in [-0.2, 0) is 0 Å². The number of hydrogen-bond donors (Lipinski definition) is 1. The largest absolute Gasteiger partial charge is 0.330 e. The average molecular weight is 240 g/mol. The molecule has 0 aromatic heterocycles. The van der Waals surface area contributed by atoms with Crippen molar-refractivity contribution in [2.24, 2.45) is 11.7 Å². The highest BCUT2D eigenvalue weighted by Gasteiger charge is 2.14. The van der Waals surface area contributed by atoms with Gasteiger partial charge < -0.3 is 10.6 Å². The lowest BCUT2D eigenvalue weighted by Crippen LogP contribution is -2.25. The van der Waals surface area contributed by atoms with Gasteiger partial charge in [-0.2, -0.15) is 0 Å². The minimum Gasteiger partial charge on any atom is -0.330 e. The molecule has 0 amide bonds. The molecule has 1 atom stereocenters. The summed E-state index contributed by atoms with van der Waals surface area (Å²) >= 11 is 0. The molecule has 2 N–H and O–H groups in total. The van der Waals surface area contributed by atoms with Gasteiger partial charge in [-0.25, -0.2) is 0 Å². The second kappa shape index (κ2) is 9.90. The maximum absolute atomic E-state index is 5.50. The van der Waals surface area contributed by atoms with Gasteiger partial charge in [-0.1, -0.05) is 32.6 Å². The highest BCUT2D eigenvalue weighted by molar-refractivity contribution is 4.69. The highest BCUT2D eigenvalue weighted by atomic mass is 15.1. The smallest absolute Gasteiger partial charge is 0.00161 e. The molecule has 0 radical (unpaired) electrons. The third-order valence-corrected chi connectivity index (χ3v) is 4.20. The number of nitrogens with two attached hydrogens (primary N) is 1. The average Bonchev–Trinajstić information content (AvgIpc) is 2.59. The van der Waals surface area contributed by atoms with Gasteiger partial charge in [-0.3, -0.25) is 0 Å². The van der Waals surface area contributed by atoms with Crippen molar-refractivity contribution in [3.8, 4) is 0 Å². The summed E-state index contributed by atoms with van der Waals surface area (Å²) < 4.78 is 0. The van der Waals surface area contributed by atoms with Crippen LogP contribution in [0, 0.1) is 5.92 Å². The van der Waals surface area contributed by atoms with Gasteiger partial charge in [-0.05, 0) is 64.2 Å². The van der Waals surface area contributed by atoms with E-state index < -0.39 is 0 Å². The Labute approximate surface area is 108 Å². The van der Waals surface area contributed by atoms with Gasteiger partial charge in [-0.15, -0.1) is 0 Å². The second-order valence-electron chi connectivity index (χ2n) is 5.60. The van der Waals surface area contributed by atoms with Crippen LogP contribution in [0.4, 0.5) is 0 Å². The SMILES string of the molecule is CCC1CCCN(CCCCCCCN)CC1. The van der Waals surface area contributed by atoms with E-state index in [1.54, 1.807) is 0 Å². The van der Waals surface area contributed by atoms with Gasteiger partial charge in [0.2, 0.25) is 0 Å². The van der Waals surface area contributed by atoms with Crippen LogP contribution >= 0.6 is 0 Å². The molecular weight excluding hydrogens is 208 g/mol. The molecule has 17 heavy (non-hydrogen) atoms. The Kier molecular flexibility index (Phi) is 8.72. The van der Waals surface area contributed by atoms with Gasteiger partial charge in [0.15, 0.2) is 0 Å². The molecule has 0 aromatic carbocycles. The van der Waals surface area contributed by atoms with Crippen LogP contribution in [0.3, 0.4) is 0 Å². The Hall–Kier alpha value is -0.0800. The zero-order valence-electron chi connectivity index (χ0n) is 11.8. The van der Waals surface area contributed by atoms with Crippen molar-refractivity contribution in [1.29, 1.82) is 0 Å². The van der Waals surface area contributed by atoms with E-state index in [2.05, 4.69) is 11.8 Å². The minimum atomic E-state index is 0.866. The Morgan fingerprint density at radius 3 is 2.53 bits per heavy atom. The van der Waals surface area contributed by atoms with Crippen molar-refractivity contribution in [1.82, 2.24) is 4.90 Å². The van der Waals surface area contributed by atoms with Gasteiger partial charge in [0.25, 0.3) is 0 Å². The van der Waals surface area contributed by atoms with E-state index in [9.17, 15) is 0 Å². The monoisotopic (exact) mass is 240 g/mol. The second-order valence-corrected chi connectivity index (χ2v) is 5.60. The molecule has 1 rings (SSSR count). The van der Waals surface area contributed by atoms with Crippen molar-refractivity contribution in [2.75, 3.05) is 26.2 Å². The number of rotatable bonds is 8. The minimum absolute atomic E-state index is 0.866. The number of nitrogens with zero attached hydrogens (tertiary/aromatic N) is 1. The van der Waals surface area contributed by atoms with Crippen LogP contribution in [0.25, 0.3) is 0 Å². The summed E-state index contributed by atoms with van der Waals surface area (Å²) in [6.45, 7) is 7.24. The van der Waals surface area contributed by atoms with Crippen LogP contribution in [0.2, 0.25) is 0 Å². The third-order valence-electron chi connectivity index (χ3n) is 4.20. The first-order chi connectivity index (χ1) is 8.36. The summed E-state index contributed by atoms with van der Waals surface area (Å²) in [5, 5.41) is 0. The molecule has 0 aliphatic carbocycles. The maximum Gasteiger partial charge on any atom is -0.00161 e. The van der Waals surface area contributed by atoms with E-state index in [0.717, 1.165) is 12.5 Å². The molecule has 1 aliphatic heterocycles. The molecule has 0 spiro atoms. The standard InChI is InChI=1S/C15H32N2/c1-2-15-9-8-13-17(14-10-15)12-7-5-3-4-6-11-16/h15H,2-14,16H2,1H3. The Balaban J connectivity index is 1.99. The predicted molar refractivity (Wildman–Crippen MR) is 76.2 cm³/mol. The third kappa shape index (κ3) is 7.05. The van der Waals surface area contributed by atoms with E-state index in [-0.39, 0.29) is 0 Å². The van der Waals surface area contributed by atoms with Gasteiger partial charge in [0.1, 0.15) is 0 Å². The molecule has 1 fully saturated rings. The fourth-order valence-electron chi connectivity index (χ4n) is 2.87. The molecule has 0 saturated carbocycles. The zero-order valence-corrected chi connectivity index (χ0v) is 11.8. The van der Waals surface area contributed by atoms with Crippen LogP contribution < -0.4 is 5.73 Å². The number of unbranched alkanes of at least 4 members (excludes halogenated alkanes) is 4. The van der Waals surface area contributed by atoms with E-state index in [4.69, 9.17) is 5.73 Å². The van der Waals surface area contributed by atoms with E-state index in [0.29, 0.717) is 0 Å². The van der Waals surface area contributed by atoms with Gasteiger partial charge in [0.05, 0.1) is 0 Å². The first-order valence-corrected chi connectivity index (χ1v) is 7.79. The van der Waals surface area contributed by atoms with Crippen molar-refractivity contribution in [3.05, 3.63) is 0 Å². The van der Waals surface area contributed by atoms with Crippen molar-refractivity contribution < 1.29 is 0 Å². The number of likely N-dealkylation sites (tertiary alicyclic amines) is 1. The lowest BCUT2D eigenvalue weighted by molar-refractivity contribution is 0.273. The summed E-state index contributed by atoms with van der Waals surface area (Å²) in [7, 11) is 0. The highest BCUT2D eigenvalue weighted by Crippen LogP contribution is 2.20. The fourth-order valence-corrected chi connectivity index (χ4v) is 2.87. The van der Waals surface area contributed by atoms with E-state index in [1.165, 1.54) is 77.4 Å². The van der Waals surface area contributed by atoms with Crippen LogP contribution in [0.5, 0.6) is 0 Å². The van der Waals surface area contributed by atoms with Crippen molar-refractivity contribution in [2.45, 2.75) is 64.7 Å². The van der Waals surface area contributed by atoms with Crippen LogP contribution in [0.15, 0.2) is 0 Å². The van der Waals surface area contributed by atoms with Gasteiger partial charge >= 0.3 is 0 Å². The molecular formula is C15H32N2. The van der Waals surface area contributed by atoms with Crippen LogP contribution in [-0.4, -0.2) is 31.1 Å². The maximum atomic E-state index is 5.50. The molecule has 0 aromatic rings. The molecule has 102 valence electrons. The molecule has 2 nitrogen and oxygen atoms in total. The topological polar surface area (TPSA) is 29.3 Å². The lowest BCUT2D eigenvalue weighted by atomic mass is 9.98. The predicted octanol–water partition coefficient (Wildman–Crippen LogP) is 3.41. The fraction of sp³-hybridized carbons (Fsp3) is 1.00. The summed E-state index contributed by atoms with van der Waals surface area (Å²) in [5.41, 5.74) is 5.50. The summed E-state index contributed by atoms with van der Waals surface area (Å²) in [6, 6.07) is 0. The molecule has 1 saturated heterocycles. The molecule has 1 unspecified atom stereocenters. The van der Waals surface area contributed by atoms with Crippen molar-refractivity contribution >= 4 is 0 Å². The zero-order chi connectivity index (χ0) is 12.3. The Morgan fingerprint density at radius 1 is 1.00 bits per heavy atom. The molecule has 1 heterocycles. The Morgan fingerprint density at radius 2 is 1.76 bits per heavy atom. The lowest BCUT2D eigenvalue weighted by Gasteiger charge is -2.19. The van der Waals surface area contributed by atoms with Crippen molar-refractivity contribution in [3.63, 3.8) is 0 Å². The van der Waals surface area contributed by atoms with Crippen LogP contribution in [0.1, 0.15) is 64.7 Å². The number of hydrogen-bond acceptors (Lipinski definition) is 2. The van der Waals surface area contributed by atoms with Gasteiger partial charge in [0, 0.05) is 0 Å². The summed E-state index contributed by atoms with van der Waals surface area (Å²) in [6.07, 6.45) is 12.4.